The minimum atomic E-state index is 0. The summed E-state index contributed by atoms with van der Waals surface area (Å²) >= 11 is 1.46. The fourth-order valence-electron chi connectivity index (χ4n) is 5.35. The number of benzene rings is 4. The molecule has 0 spiro atoms. The van der Waals surface area contributed by atoms with Gasteiger partial charge in [-0.1, -0.05) is 17.3 Å². The summed E-state index contributed by atoms with van der Waals surface area (Å²) in [5.41, 5.74) is 10.8. The van der Waals surface area contributed by atoms with Crippen LogP contribution in [0.3, 0.4) is 0 Å². The van der Waals surface area contributed by atoms with Crippen LogP contribution < -0.4 is 34.6 Å². The van der Waals surface area contributed by atoms with Crippen LogP contribution in [0.2, 0.25) is 0 Å². The zero-order valence-electron chi connectivity index (χ0n) is 26.3. The quantitative estimate of drug-likeness (QED) is 0.230. The molecule has 44 heavy (non-hydrogen) atoms. The van der Waals surface area contributed by atoms with Crippen molar-refractivity contribution in [2.45, 2.75) is 40.5 Å². The van der Waals surface area contributed by atoms with Crippen LogP contribution in [-0.4, -0.2) is 29.4 Å². The average Bonchev–Trinajstić information content (AvgIpc) is 3.75. The second-order valence-corrected chi connectivity index (χ2v) is 11.4. The van der Waals surface area contributed by atoms with Crippen molar-refractivity contribution in [1.82, 2.24) is 0 Å². The van der Waals surface area contributed by atoms with Gasteiger partial charge in [-0.15, -0.1) is 23.6 Å². The Balaban J connectivity index is 0.000000273. The van der Waals surface area contributed by atoms with E-state index >= 15 is 0 Å². The van der Waals surface area contributed by atoms with Gasteiger partial charge in [-0.25, -0.2) is 12.2 Å². The Morgan fingerprint density at radius 1 is 0.705 bits per heavy atom. The third kappa shape index (κ3) is 9.90. The van der Waals surface area contributed by atoms with E-state index in [2.05, 4.69) is 147 Å². The molecule has 4 aromatic rings. The van der Waals surface area contributed by atoms with Gasteiger partial charge in [0.05, 0.1) is 0 Å². The van der Waals surface area contributed by atoms with Crippen molar-refractivity contribution in [2.75, 3.05) is 36.0 Å². The second kappa shape index (κ2) is 19.6. The number of anilines is 2. The van der Waals surface area contributed by atoms with Crippen molar-refractivity contribution in [2.24, 2.45) is 0 Å². The molecule has 2 aliphatic rings. The van der Waals surface area contributed by atoms with E-state index in [4.69, 9.17) is 0 Å². The molecular formula is C39H42Cl2N2Zr-2. The fourth-order valence-corrected chi connectivity index (χ4v) is 6.17. The second-order valence-electron chi connectivity index (χ2n) is 10.2. The van der Waals surface area contributed by atoms with E-state index in [9.17, 15) is 0 Å². The minimum absolute atomic E-state index is 0. The van der Waals surface area contributed by atoms with Crippen LogP contribution in [0.1, 0.15) is 56.4 Å². The molecule has 0 N–H and O–H groups in total. The molecule has 2 nitrogen and oxygen atoms in total. The van der Waals surface area contributed by atoms with Gasteiger partial charge in [0.2, 0.25) is 0 Å². The van der Waals surface area contributed by atoms with E-state index < -0.39 is 0 Å². The van der Waals surface area contributed by atoms with Gasteiger partial charge in [0, 0.05) is 31.9 Å². The number of rotatable bonds is 8. The summed E-state index contributed by atoms with van der Waals surface area (Å²) in [5.74, 6) is 0. The molecule has 6 rings (SSSR count). The summed E-state index contributed by atoms with van der Waals surface area (Å²) in [4.78, 5) is 4.78. The molecule has 4 aromatic carbocycles. The molecule has 0 amide bonds. The van der Waals surface area contributed by atoms with Crippen LogP contribution in [0.15, 0.2) is 109 Å². The van der Waals surface area contributed by atoms with E-state index in [0.29, 0.717) is 0 Å². The molecule has 0 bridgehead atoms. The van der Waals surface area contributed by atoms with E-state index in [1.54, 1.807) is 0 Å². The Bertz CT molecular complexity index is 1380. The molecule has 0 heterocycles. The Morgan fingerprint density at radius 2 is 1.27 bits per heavy atom. The first-order valence-electron chi connectivity index (χ1n) is 15.2. The first kappa shape index (κ1) is 37.5. The van der Waals surface area contributed by atoms with E-state index in [0.717, 1.165) is 39.0 Å². The van der Waals surface area contributed by atoms with Gasteiger partial charge < -0.3 is 34.6 Å². The number of hydrogen-bond donors (Lipinski definition) is 0. The van der Waals surface area contributed by atoms with Gasteiger partial charge in [0.1, 0.15) is 0 Å². The number of nitrogens with zero attached hydrogens (tertiary/aromatic N) is 2. The van der Waals surface area contributed by atoms with Gasteiger partial charge in [-0.2, -0.15) is 18.2 Å². The van der Waals surface area contributed by atoms with Crippen LogP contribution in [0.25, 0.3) is 11.1 Å². The molecule has 0 fully saturated rings. The van der Waals surface area contributed by atoms with Crippen molar-refractivity contribution in [3.63, 3.8) is 0 Å². The summed E-state index contributed by atoms with van der Waals surface area (Å²) in [7, 11) is 0. The number of fused-ring (bicyclic) bond motifs is 3. The van der Waals surface area contributed by atoms with Crippen molar-refractivity contribution >= 4 is 14.6 Å². The molecule has 2 aliphatic carbocycles. The van der Waals surface area contributed by atoms with Crippen molar-refractivity contribution in [1.29, 1.82) is 0 Å². The Labute approximate surface area is 293 Å². The van der Waals surface area contributed by atoms with E-state index in [1.165, 1.54) is 72.2 Å². The zero-order valence-corrected chi connectivity index (χ0v) is 30.3. The Morgan fingerprint density at radius 3 is 1.75 bits per heavy atom. The van der Waals surface area contributed by atoms with Crippen LogP contribution in [0, 0.1) is 12.1 Å². The molecule has 0 saturated carbocycles. The topological polar surface area (TPSA) is 6.48 Å². The first-order valence-corrected chi connectivity index (χ1v) is 16.4. The standard InChI is InChI=1S/C21H27N2.C13H10.C5H5.2ClH.Zr/c1-5-22(6-2)18-9-11-20-16(14-18)13-17-15-19(10-12-21(17)20)23(7-3)8-4;1-3-7-12(8-4-1)11-13-9-5-2-6-10-13;1-2-4-5-3-1;;;/h9-12,14H,5-8,13H2,1-4H3;1-10H;1-3H,4H2;2*1H;/q-1;;-1;;;+2/p-2. The molecule has 0 saturated heterocycles. The molecule has 0 aromatic heterocycles. The van der Waals surface area contributed by atoms with Crippen LogP contribution in [-0.2, 0) is 30.7 Å². The maximum absolute atomic E-state index is 3.66. The van der Waals surface area contributed by atoms with Crippen LogP contribution >= 0.6 is 0 Å². The van der Waals surface area contributed by atoms with Crippen molar-refractivity contribution in [3.05, 3.63) is 144 Å². The summed E-state index contributed by atoms with van der Waals surface area (Å²) in [6.07, 6.45) is 11.0. The third-order valence-corrected chi connectivity index (χ3v) is 9.12. The number of allylic oxidation sites excluding steroid dienone is 4. The SMILES string of the molecule is CCN(CC)c1[c-]c2c(cc1)-c1ccc(N(CC)CC)cc1C2.[C-]1=CC=CC1.[Cl-].[Cl-].[Zr+2]=[C](c1ccccc1)c1ccccc1. The van der Waals surface area contributed by atoms with Crippen molar-refractivity contribution in [3.8, 4) is 11.1 Å². The van der Waals surface area contributed by atoms with Gasteiger partial charge in [-0.3, -0.25) is 6.08 Å². The summed E-state index contributed by atoms with van der Waals surface area (Å²) in [6.45, 7) is 13.0. The molecule has 0 atom stereocenters. The maximum atomic E-state index is 3.66. The predicted octanol–water partition coefficient (Wildman–Crippen LogP) is 2.87. The molecule has 5 heteroatoms. The summed E-state index contributed by atoms with van der Waals surface area (Å²) in [5, 5.41) is 0. The number of halogens is 2. The number of hydrogen-bond acceptors (Lipinski definition) is 2. The van der Waals surface area contributed by atoms with Gasteiger partial charge in [0.25, 0.3) is 0 Å². The molecule has 0 aliphatic heterocycles. The van der Waals surface area contributed by atoms with Crippen molar-refractivity contribution < 1.29 is 49.0 Å². The van der Waals surface area contributed by atoms with Gasteiger partial charge >= 0.3 is 99.2 Å². The molecule has 0 radical (unpaired) electrons. The van der Waals surface area contributed by atoms with Crippen LogP contribution in [0.4, 0.5) is 11.4 Å². The Hall–Kier alpha value is -2.71. The summed E-state index contributed by atoms with van der Waals surface area (Å²) < 4.78 is 1.42. The Kier molecular flexibility index (Phi) is 16.7. The molecule has 0 unspecified atom stereocenters. The van der Waals surface area contributed by atoms with E-state index in [1.807, 2.05) is 12.2 Å². The zero-order chi connectivity index (χ0) is 29.7. The molecular weight excluding hydrogens is 659 g/mol. The van der Waals surface area contributed by atoms with Gasteiger partial charge in [0.15, 0.2) is 0 Å². The monoisotopic (exact) mass is 698 g/mol. The normalized spacial score (nSPS) is 11.4. The molecule has 228 valence electrons. The first-order chi connectivity index (χ1) is 20.6. The summed E-state index contributed by atoms with van der Waals surface area (Å²) in [6, 6.07) is 36.2. The van der Waals surface area contributed by atoms with E-state index in [-0.39, 0.29) is 24.8 Å². The predicted molar refractivity (Wildman–Crippen MR) is 178 cm³/mol. The third-order valence-electron chi connectivity index (χ3n) is 7.70. The fraction of sp³-hybridized carbons (Fsp3) is 0.256. The van der Waals surface area contributed by atoms with Crippen LogP contribution in [0.5, 0.6) is 0 Å². The average molecular weight is 701 g/mol. The van der Waals surface area contributed by atoms with Gasteiger partial charge in [-0.05, 0) is 51.8 Å².